The van der Waals surface area contributed by atoms with E-state index in [2.05, 4.69) is 62.7 Å². The first kappa shape index (κ1) is 28.5. The van der Waals surface area contributed by atoms with Crippen LogP contribution in [0.25, 0.3) is 11.0 Å². The molecule has 0 unspecified atom stereocenters. The van der Waals surface area contributed by atoms with Crippen molar-refractivity contribution >= 4 is 22.8 Å². The van der Waals surface area contributed by atoms with Crippen molar-refractivity contribution in [2.24, 2.45) is 0 Å². The van der Waals surface area contributed by atoms with Crippen LogP contribution < -0.4 is 4.90 Å². The maximum absolute atomic E-state index is 14.2. The number of pyridine rings is 1. The molecule has 2 aliphatic rings. The smallest absolute Gasteiger partial charge is 0.243 e. The van der Waals surface area contributed by atoms with Gasteiger partial charge in [-0.15, -0.1) is 0 Å². The summed E-state index contributed by atoms with van der Waals surface area (Å²) in [4.78, 5) is 35.2. The molecule has 9 heteroatoms. The summed E-state index contributed by atoms with van der Waals surface area (Å²) in [6, 6.07) is 6.20. The second-order valence-corrected chi connectivity index (χ2v) is 11.5. The standard InChI is InChI=1S/C31H46N8O/c1-4-11-25-12-10-13-26(35-25)23-39-29-27(22-34-39)28(32-24-33-29)36-18-20-37(21-19-36)30(40)31(14-8-7-9-15-31)38(16-5-2)17-6-3/h10,12-13,22,24H,4-9,11,14-21,23H2,1-3H3. The van der Waals surface area contributed by atoms with Crippen molar-refractivity contribution < 1.29 is 4.79 Å². The van der Waals surface area contributed by atoms with Crippen LogP contribution in [0.5, 0.6) is 0 Å². The first-order valence-corrected chi connectivity index (χ1v) is 15.5. The van der Waals surface area contributed by atoms with Crippen LogP contribution in [-0.2, 0) is 17.8 Å². The van der Waals surface area contributed by atoms with E-state index in [4.69, 9.17) is 4.98 Å². The monoisotopic (exact) mass is 546 g/mol. The van der Waals surface area contributed by atoms with Crippen LogP contribution >= 0.6 is 0 Å². The number of nitrogens with zero attached hydrogens (tertiary/aromatic N) is 8. The third kappa shape index (κ3) is 5.85. The summed E-state index contributed by atoms with van der Waals surface area (Å²) in [5.41, 5.74) is 2.60. The Morgan fingerprint density at radius 1 is 0.925 bits per heavy atom. The second-order valence-electron chi connectivity index (χ2n) is 11.5. The van der Waals surface area contributed by atoms with E-state index in [1.165, 1.54) is 6.42 Å². The highest BCUT2D eigenvalue weighted by molar-refractivity contribution is 5.88. The van der Waals surface area contributed by atoms with Crippen LogP contribution in [0.3, 0.4) is 0 Å². The number of hydrogen-bond donors (Lipinski definition) is 0. The number of amides is 1. The average molecular weight is 547 g/mol. The third-order valence-corrected chi connectivity index (χ3v) is 8.63. The fourth-order valence-electron chi connectivity index (χ4n) is 6.71. The Labute approximate surface area is 239 Å². The lowest BCUT2D eigenvalue weighted by Crippen LogP contribution is -2.63. The Morgan fingerprint density at radius 3 is 2.35 bits per heavy atom. The lowest BCUT2D eigenvalue weighted by Gasteiger charge is -2.49. The SMILES string of the molecule is CCCc1cccc(Cn2ncc3c(N4CCN(C(=O)C5(N(CCC)CCC)CCCCC5)CC4)ncnc32)n1. The number of fused-ring (bicyclic) bond motifs is 1. The Hall–Kier alpha value is -3.07. The van der Waals surface area contributed by atoms with Gasteiger partial charge in [0.1, 0.15) is 17.7 Å². The Kier molecular flexibility index (Phi) is 9.29. The molecule has 3 aromatic rings. The minimum atomic E-state index is -0.321. The van der Waals surface area contributed by atoms with E-state index in [1.54, 1.807) is 6.33 Å². The molecule has 0 N–H and O–H groups in total. The number of carbonyl (C=O) groups excluding carboxylic acids is 1. The van der Waals surface area contributed by atoms with Gasteiger partial charge < -0.3 is 9.80 Å². The van der Waals surface area contributed by atoms with Crippen LogP contribution in [0.1, 0.15) is 83.5 Å². The Balaban J connectivity index is 1.30. The molecule has 0 aromatic carbocycles. The molecule has 0 atom stereocenters. The van der Waals surface area contributed by atoms with Crippen LogP contribution in [0.2, 0.25) is 0 Å². The van der Waals surface area contributed by atoms with Gasteiger partial charge in [-0.3, -0.25) is 14.7 Å². The quantitative estimate of drug-likeness (QED) is 0.345. The predicted octanol–water partition coefficient (Wildman–Crippen LogP) is 4.70. The van der Waals surface area contributed by atoms with Gasteiger partial charge in [-0.2, -0.15) is 5.10 Å². The van der Waals surface area contributed by atoms with Crippen molar-refractivity contribution in [3.63, 3.8) is 0 Å². The zero-order valence-electron chi connectivity index (χ0n) is 24.7. The van der Waals surface area contributed by atoms with Gasteiger partial charge in [0, 0.05) is 31.9 Å². The van der Waals surface area contributed by atoms with E-state index in [0.29, 0.717) is 12.5 Å². The van der Waals surface area contributed by atoms with Gasteiger partial charge in [-0.1, -0.05) is 52.5 Å². The molecule has 1 aliphatic carbocycles. The van der Waals surface area contributed by atoms with Gasteiger partial charge >= 0.3 is 0 Å². The van der Waals surface area contributed by atoms with Gasteiger partial charge in [0.15, 0.2) is 5.65 Å². The molecule has 4 heterocycles. The molecule has 40 heavy (non-hydrogen) atoms. The van der Waals surface area contributed by atoms with Crippen LogP contribution in [0, 0.1) is 0 Å². The van der Waals surface area contributed by atoms with E-state index in [-0.39, 0.29) is 5.54 Å². The molecule has 1 saturated carbocycles. The summed E-state index contributed by atoms with van der Waals surface area (Å²) in [5, 5.41) is 5.62. The highest BCUT2D eigenvalue weighted by atomic mass is 16.2. The zero-order valence-corrected chi connectivity index (χ0v) is 24.7. The molecular weight excluding hydrogens is 500 g/mol. The van der Waals surface area contributed by atoms with Crippen molar-refractivity contribution in [3.05, 3.63) is 42.1 Å². The van der Waals surface area contributed by atoms with E-state index >= 15 is 0 Å². The van der Waals surface area contributed by atoms with Gasteiger partial charge in [0.05, 0.1) is 23.8 Å². The van der Waals surface area contributed by atoms with Crippen molar-refractivity contribution in [2.45, 2.75) is 90.6 Å². The molecular formula is C31H46N8O. The lowest BCUT2D eigenvalue weighted by molar-refractivity contribution is -0.148. The number of aryl methyl sites for hydroxylation is 1. The fourth-order valence-corrected chi connectivity index (χ4v) is 6.71. The molecule has 5 rings (SSSR count). The highest BCUT2D eigenvalue weighted by Crippen LogP contribution is 2.36. The van der Waals surface area contributed by atoms with Gasteiger partial charge in [0.25, 0.3) is 0 Å². The molecule has 9 nitrogen and oxygen atoms in total. The lowest BCUT2D eigenvalue weighted by atomic mass is 9.78. The number of anilines is 1. The maximum Gasteiger partial charge on any atom is 0.243 e. The van der Waals surface area contributed by atoms with E-state index in [9.17, 15) is 4.79 Å². The topological polar surface area (TPSA) is 83.3 Å². The summed E-state index contributed by atoms with van der Waals surface area (Å²) in [7, 11) is 0. The van der Waals surface area contributed by atoms with Crippen LogP contribution in [-0.4, -0.2) is 85.2 Å². The van der Waals surface area contributed by atoms with E-state index in [1.807, 2.05) is 16.9 Å². The largest absolute Gasteiger partial charge is 0.352 e. The fraction of sp³-hybridized carbons (Fsp3) is 0.645. The van der Waals surface area contributed by atoms with Crippen molar-refractivity contribution in [3.8, 4) is 0 Å². The van der Waals surface area contributed by atoms with Gasteiger partial charge in [0.2, 0.25) is 5.91 Å². The van der Waals surface area contributed by atoms with Crippen molar-refractivity contribution in [1.82, 2.24) is 34.5 Å². The minimum absolute atomic E-state index is 0.321. The van der Waals surface area contributed by atoms with Gasteiger partial charge in [-0.05, 0) is 57.3 Å². The third-order valence-electron chi connectivity index (χ3n) is 8.63. The Morgan fingerprint density at radius 2 is 1.65 bits per heavy atom. The van der Waals surface area contributed by atoms with Crippen molar-refractivity contribution in [1.29, 1.82) is 0 Å². The average Bonchev–Trinajstić information content (AvgIpc) is 3.40. The molecule has 1 saturated heterocycles. The minimum Gasteiger partial charge on any atom is -0.352 e. The van der Waals surface area contributed by atoms with Gasteiger partial charge in [-0.25, -0.2) is 14.6 Å². The number of carbonyl (C=O) groups is 1. The summed E-state index contributed by atoms with van der Waals surface area (Å²) in [5.74, 6) is 1.26. The maximum atomic E-state index is 14.2. The second kappa shape index (κ2) is 13.1. The molecule has 216 valence electrons. The highest BCUT2D eigenvalue weighted by Gasteiger charge is 2.46. The predicted molar refractivity (Wildman–Crippen MR) is 159 cm³/mol. The number of hydrogen-bond acceptors (Lipinski definition) is 7. The summed E-state index contributed by atoms with van der Waals surface area (Å²) >= 11 is 0. The molecule has 0 spiro atoms. The first-order valence-electron chi connectivity index (χ1n) is 15.5. The molecule has 0 bridgehead atoms. The normalized spacial score (nSPS) is 17.6. The van der Waals surface area contributed by atoms with E-state index in [0.717, 1.165) is 119 Å². The zero-order chi connectivity index (χ0) is 28.0. The summed E-state index contributed by atoms with van der Waals surface area (Å²) in [6.07, 6.45) is 13.3. The first-order chi connectivity index (χ1) is 19.6. The number of aromatic nitrogens is 5. The molecule has 1 aliphatic heterocycles. The molecule has 3 aromatic heterocycles. The molecule has 0 radical (unpaired) electrons. The van der Waals surface area contributed by atoms with E-state index < -0.39 is 0 Å². The number of piperazine rings is 1. The van der Waals surface area contributed by atoms with Crippen molar-refractivity contribution in [2.75, 3.05) is 44.2 Å². The summed E-state index contributed by atoms with van der Waals surface area (Å²) < 4.78 is 1.92. The van der Waals surface area contributed by atoms with Crippen LogP contribution in [0.4, 0.5) is 5.82 Å². The van der Waals surface area contributed by atoms with Crippen LogP contribution in [0.15, 0.2) is 30.7 Å². The molecule has 2 fully saturated rings. The molecule has 1 amide bonds. The summed E-state index contributed by atoms with van der Waals surface area (Å²) in [6.45, 7) is 12.2. The number of rotatable bonds is 11. The Bertz CT molecular complexity index is 1250.